The highest BCUT2D eigenvalue weighted by atomic mass is 16.3. The molecule has 1 rings (SSSR count). The summed E-state index contributed by atoms with van der Waals surface area (Å²) in [6.07, 6.45) is 2.76. The van der Waals surface area contributed by atoms with Gasteiger partial charge in [0.05, 0.1) is 5.92 Å². The minimum atomic E-state index is -0.675. The van der Waals surface area contributed by atoms with Gasteiger partial charge in [-0.05, 0) is 19.3 Å². The molecule has 1 aliphatic heterocycles. The molecule has 108 valence electrons. The van der Waals surface area contributed by atoms with Gasteiger partial charge in [0, 0.05) is 19.5 Å². The minimum Gasteiger partial charge on any atom is -0.386 e. The number of piperidine rings is 1. The van der Waals surface area contributed by atoms with Gasteiger partial charge >= 0.3 is 0 Å². The number of aliphatic hydroxyl groups excluding tert-OH is 1. The molecular weight excluding hydrogens is 250 g/mol. The van der Waals surface area contributed by atoms with E-state index in [-0.39, 0.29) is 17.7 Å². The van der Waals surface area contributed by atoms with Crippen LogP contribution < -0.4 is 10.9 Å². The van der Waals surface area contributed by atoms with Crippen LogP contribution in [-0.2, 0) is 14.4 Å². The van der Waals surface area contributed by atoms with E-state index in [1.54, 1.807) is 4.90 Å². The van der Waals surface area contributed by atoms with Crippen molar-refractivity contribution in [3.8, 4) is 0 Å². The molecule has 7 nitrogen and oxygen atoms in total. The molecule has 0 aliphatic carbocycles. The van der Waals surface area contributed by atoms with E-state index in [0.29, 0.717) is 25.9 Å². The van der Waals surface area contributed by atoms with Crippen molar-refractivity contribution in [2.75, 3.05) is 19.7 Å². The van der Waals surface area contributed by atoms with Crippen LogP contribution in [0.25, 0.3) is 0 Å². The third-order valence-corrected chi connectivity index (χ3v) is 3.08. The van der Waals surface area contributed by atoms with Gasteiger partial charge in [-0.25, -0.2) is 0 Å². The van der Waals surface area contributed by atoms with Gasteiger partial charge in [0.25, 0.3) is 5.91 Å². The number of carbonyl (C=O) groups is 3. The molecule has 0 spiro atoms. The Bertz CT molecular complexity index is 346. The number of likely N-dealkylation sites (tertiary alicyclic amines) is 1. The molecule has 3 amide bonds. The van der Waals surface area contributed by atoms with E-state index in [1.165, 1.54) is 0 Å². The van der Waals surface area contributed by atoms with E-state index < -0.39 is 12.5 Å². The summed E-state index contributed by atoms with van der Waals surface area (Å²) in [5, 5.41) is 8.52. The summed E-state index contributed by atoms with van der Waals surface area (Å²) in [5.41, 5.74) is 4.36. The lowest BCUT2D eigenvalue weighted by molar-refractivity contribution is -0.137. The van der Waals surface area contributed by atoms with Crippen molar-refractivity contribution in [3.05, 3.63) is 0 Å². The molecule has 0 aromatic heterocycles. The van der Waals surface area contributed by atoms with Crippen LogP contribution >= 0.6 is 0 Å². The second kappa shape index (κ2) is 7.73. The van der Waals surface area contributed by atoms with Gasteiger partial charge < -0.3 is 10.0 Å². The largest absolute Gasteiger partial charge is 0.386 e. The SMILES string of the molecule is CCCC(=O)N1CCC[C@H](C(=O)NNC(=O)CO)C1. The zero-order valence-electron chi connectivity index (χ0n) is 11.1. The maximum Gasteiger partial charge on any atom is 0.264 e. The number of carbonyl (C=O) groups excluding carboxylic acids is 3. The molecule has 1 atom stereocenters. The Kier molecular flexibility index (Phi) is 6.27. The smallest absolute Gasteiger partial charge is 0.264 e. The molecule has 0 radical (unpaired) electrons. The lowest BCUT2D eigenvalue weighted by Gasteiger charge is -2.32. The molecule has 7 heteroatoms. The van der Waals surface area contributed by atoms with Crippen molar-refractivity contribution >= 4 is 17.7 Å². The molecule has 1 aliphatic rings. The third-order valence-electron chi connectivity index (χ3n) is 3.08. The normalized spacial score (nSPS) is 18.8. The molecule has 0 saturated carbocycles. The van der Waals surface area contributed by atoms with Gasteiger partial charge in [-0.3, -0.25) is 25.2 Å². The average Bonchev–Trinajstić information content (AvgIpc) is 2.44. The second-order valence-corrected chi connectivity index (χ2v) is 4.62. The Morgan fingerprint density at radius 1 is 1.32 bits per heavy atom. The summed E-state index contributed by atoms with van der Waals surface area (Å²) < 4.78 is 0. The maximum atomic E-state index is 11.8. The summed E-state index contributed by atoms with van der Waals surface area (Å²) in [6.45, 7) is 2.34. The zero-order valence-corrected chi connectivity index (χ0v) is 11.1. The van der Waals surface area contributed by atoms with Crippen LogP contribution in [0.1, 0.15) is 32.6 Å². The number of rotatable bonds is 4. The molecule has 0 bridgehead atoms. The van der Waals surface area contributed by atoms with Crippen LogP contribution in [0.3, 0.4) is 0 Å². The molecule has 19 heavy (non-hydrogen) atoms. The first-order valence-electron chi connectivity index (χ1n) is 6.55. The Morgan fingerprint density at radius 2 is 2.05 bits per heavy atom. The first kappa shape index (κ1) is 15.4. The Hall–Kier alpha value is -1.63. The van der Waals surface area contributed by atoms with Gasteiger partial charge in [-0.15, -0.1) is 0 Å². The second-order valence-electron chi connectivity index (χ2n) is 4.62. The van der Waals surface area contributed by atoms with Crippen LogP contribution in [0.2, 0.25) is 0 Å². The summed E-state index contributed by atoms with van der Waals surface area (Å²) >= 11 is 0. The van der Waals surface area contributed by atoms with Gasteiger partial charge in [0.1, 0.15) is 6.61 Å². The number of hydrazine groups is 1. The lowest BCUT2D eigenvalue weighted by Crippen LogP contribution is -2.50. The van der Waals surface area contributed by atoms with E-state index in [0.717, 1.165) is 12.8 Å². The Balaban J connectivity index is 2.43. The van der Waals surface area contributed by atoms with Gasteiger partial charge in [0.2, 0.25) is 11.8 Å². The number of amides is 3. The fraction of sp³-hybridized carbons (Fsp3) is 0.750. The van der Waals surface area contributed by atoms with Crippen molar-refractivity contribution < 1.29 is 19.5 Å². The van der Waals surface area contributed by atoms with E-state index >= 15 is 0 Å². The van der Waals surface area contributed by atoms with Crippen molar-refractivity contribution in [1.29, 1.82) is 0 Å². The van der Waals surface area contributed by atoms with E-state index in [1.807, 2.05) is 6.92 Å². The summed E-state index contributed by atoms with van der Waals surface area (Å²) in [4.78, 5) is 36.1. The van der Waals surface area contributed by atoms with E-state index in [2.05, 4.69) is 10.9 Å². The number of hydrogen-bond acceptors (Lipinski definition) is 4. The topological polar surface area (TPSA) is 98.7 Å². The fourth-order valence-electron chi connectivity index (χ4n) is 2.06. The third kappa shape index (κ3) is 4.86. The average molecular weight is 271 g/mol. The number of aliphatic hydroxyl groups is 1. The highest BCUT2D eigenvalue weighted by Gasteiger charge is 2.28. The summed E-state index contributed by atoms with van der Waals surface area (Å²) in [6, 6.07) is 0. The predicted molar refractivity (Wildman–Crippen MR) is 67.6 cm³/mol. The molecule has 0 unspecified atom stereocenters. The van der Waals surface area contributed by atoms with Crippen LogP contribution in [-0.4, -0.2) is 47.4 Å². The monoisotopic (exact) mass is 271 g/mol. The summed E-state index contributed by atoms with van der Waals surface area (Å²) in [7, 11) is 0. The van der Waals surface area contributed by atoms with Crippen molar-refractivity contribution in [2.45, 2.75) is 32.6 Å². The quantitative estimate of drug-likeness (QED) is 0.581. The highest BCUT2D eigenvalue weighted by molar-refractivity contribution is 5.84. The highest BCUT2D eigenvalue weighted by Crippen LogP contribution is 2.17. The molecule has 1 heterocycles. The summed E-state index contributed by atoms with van der Waals surface area (Å²) in [5.74, 6) is -1.23. The number of nitrogens with one attached hydrogen (secondary N) is 2. The Morgan fingerprint density at radius 3 is 2.68 bits per heavy atom. The van der Waals surface area contributed by atoms with Crippen molar-refractivity contribution in [3.63, 3.8) is 0 Å². The van der Waals surface area contributed by atoms with Crippen LogP contribution in [0.5, 0.6) is 0 Å². The zero-order chi connectivity index (χ0) is 14.3. The van der Waals surface area contributed by atoms with Gasteiger partial charge in [-0.1, -0.05) is 6.92 Å². The van der Waals surface area contributed by atoms with Gasteiger partial charge in [-0.2, -0.15) is 0 Å². The Labute approximate surface area is 112 Å². The van der Waals surface area contributed by atoms with Crippen molar-refractivity contribution in [2.24, 2.45) is 5.92 Å². The van der Waals surface area contributed by atoms with E-state index in [4.69, 9.17) is 5.11 Å². The van der Waals surface area contributed by atoms with Crippen molar-refractivity contribution in [1.82, 2.24) is 15.8 Å². The molecule has 1 saturated heterocycles. The van der Waals surface area contributed by atoms with E-state index in [9.17, 15) is 14.4 Å². The molecular formula is C12H21N3O4. The van der Waals surface area contributed by atoms with Crippen LogP contribution in [0.4, 0.5) is 0 Å². The molecule has 0 aromatic rings. The minimum absolute atomic E-state index is 0.0689. The molecule has 0 aromatic carbocycles. The van der Waals surface area contributed by atoms with Crippen LogP contribution in [0.15, 0.2) is 0 Å². The molecule has 1 fully saturated rings. The standard InChI is InChI=1S/C12H21N3O4/c1-2-4-11(18)15-6-3-5-9(7-15)12(19)14-13-10(17)8-16/h9,16H,2-8H2,1H3,(H,13,17)(H,14,19)/t9-/m0/s1. The number of nitrogens with zero attached hydrogens (tertiary/aromatic N) is 1. The maximum absolute atomic E-state index is 11.8. The van der Waals surface area contributed by atoms with Gasteiger partial charge in [0.15, 0.2) is 0 Å². The van der Waals surface area contributed by atoms with Crippen LogP contribution in [0, 0.1) is 5.92 Å². The predicted octanol–water partition coefficient (Wildman–Crippen LogP) is -0.835. The molecule has 3 N–H and O–H groups in total. The lowest BCUT2D eigenvalue weighted by atomic mass is 9.97. The number of hydrogen-bond donors (Lipinski definition) is 3. The fourth-order valence-corrected chi connectivity index (χ4v) is 2.06. The first-order valence-corrected chi connectivity index (χ1v) is 6.55. The first-order chi connectivity index (χ1) is 9.08.